The minimum absolute atomic E-state index is 0.0167. The first-order valence-corrected chi connectivity index (χ1v) is 19.8. The Kier molecular flexibility index (Phi) is 18.8. The lowest BCUT2D eigenvalue weighted by Gasteiger charge is -2.49. The molecule has 0 saturated carbocycles. The summed E-state index contributed by atoms with van der Waals surface area (Å²) < 4.78 is 48.2. The second kappa shape index (κ2) is 22.2. The maximum atomic E-state index is 13.3. The predicted molar refractivity (Wildman–Crippen MR) is 205 cm³/mol. The fourth-order valence-electron chi connectivity index (χ4n) is 7.37. The molecule has 3 heterocycles. The van der Waals surface area contributed by atoms with Gasteiger partial charge in [-0.05, 0) is 59.7 Å². The van der Waals surface area contributed by atoms with E-state index < -0.39 is 109 Å². The summed E-state index contributed by atoms with van der Waals surface area (Å²) in [6, 6.07) is -0.801. The average molecular weight is 812 g/mol. The highest BCUT2D eigenvalue weighted by Crippen LogP contribution is 2.37. The summed E-state index contributed by atoms with van der Waals surface area (Å²) in [4.78, 5) is 52.2. The molecule has 324 valence electrons. The number of allylic oxidation sites excluding steroid dienone is 3. The molecule has 0 aliphatic carbocycles. The van der Waals surface area contributed by atoms with Crippen LogP contribution in [0.3, 0.4) is 0 Å². The Morgan fingerprint density at radius 2 is 1.67 bits per heavy atom. The Bertz CT molecular complexity index is 1430. The van der Waals surface area contributed by atoms with E-state index in [-0.39, 0.29) is 37.9 Å². The van der Waals surface area contributed by atoms with Gasteiger partial charge in [-0.1, -0.05) is 45.1 Å². The first-order valence-electron chi connectivity index (χ1n) is 19.8. The molecule has 0 amide bonds. The van der Waals surface area contributed by atoms with E-state index in [2.05, 4.69) is 0 Å². The fourth-order valence-corrected chi connectivity index (χ4v) is 7.37. The number of aliphatic hydroxyl groups excluding tert-OH is 2. The molecule has 3 aliphatic rings. The summed E-state index contributed by atoms with van der Waals surface area (Å²) in [5, 5.41) is 34.4. The van der Waals surface area contributed by atoms with Gasteiger partial charge in [-0.15, -0.1) is 0 Å². The van der Waals surface area contributed by atoms with Gasteiger partial charge in [-0.3, -0.25) is 14.4 Å². The van der Waals surface area contributed by atoms with Crippen LogP contribution in [-0.2, 0) is 57.1 Å². The lowest BCUT2D eigenvalue weighted by atomic mass is 9.88. The zero-order valence-corrected chi connectivity index (χ0v) is 35.0. The summed E-state index contributed by atoms with van der Waals surface area (Å²) in [5.41, 5.74) is -1.14. The maximum Gasteiger partial charge on any atom is 0.309 e. The molecule has 0 spiro atoms. The van der Waals surface area contributed by atoms with Gasteiger partial charge < -0.3 is 62.9 Å². The molecular formula is C41H65NO15. The molecule has 0 aromatic rings. The number of esters is 3. The van der Waals surface area contributed by atoms with Crippen LogP contribution in [0.4, 0.5) is 0 Å². The largest absolute Gasteiger partial charge is 0.463 e. The molecule has 2 fully saturated rings. The van der Waals surface area contributed by atoms with Gasteiger partial charge in [0.05, 0.1) is 30.8 Å². The van der Waals surface area contributed by atoms with Gasteiger partial charge >= 0.3 is 17.9 Å². The second-order valence-electron chi connectivity index (χ2n) is 15.6. The van der Waals surface area contributed by atoms with Gasteiger partial charge in [0.2, 0.25) is 6.29 Å². The Morgan fingerprint density at radius 1 is 1.00 bits per heavy atom. The highest BCUT2D eigenvalue weighted by molar-refractivity contribution is 5.73. The number of methoxy groups -OCH3 is 1. The molecule has 0 aromatic heterocycles. The first-order chi connectivity index (χ1) is 26.9. The van der Waals surface area contributed by atoms with Crippen LogP contribution in [0.5, 0.6) is 0 Å². The topological polar surface area (TPSA) is 206 Å². The van der Waals surface area contributed by atoms with Gasteiger partial charge in [0.1, 0.15) is 42.1 Å². The minimum atomic E-state index is -1.50. The van der Waals surface area contributed by atoms with Crippen molar-refractivity contribution < 1.29 is 72.4 Å². The van der Waals surface area contributed by atoms with E-state index in [1.54, 1.807) is 91.8 Å². The van der Waals surface area contributed by atoms with Crippen molar-refractivity contribution >= 4 is 24.2 Å². The van der Waals surface area contributed by atoms with Crippen molar-refractivity contribution in [1.29, 1.82) is 0 Å². The fraction of sp³-hybridized carbons (Fsp3) is 0.756. The van der Waals surface area contributed by atoms with Crippen LogP contribution in [0.15, 0.2) is 35.6 Å². The highest BCUT2D eigenvalue weighted by Gasteiger charge is 2.52. The van der Waals surface area contributed by atoms with E-state index >= 15 is 0 Å². The molecule has 14 atom stereocenters. The third-order valence-electron chi connectivity index (χ3n) is 10.4. The number of hydrogen-bond acceptors (Lipinski definition) is 16. The molecule has 9 unspecified atom stereocenters. The van der Waals surface area contributed by atoms with Gasteiger partial charge in [-0.2, -0.15) is 0 Å². The van der Waals surface area contributed by atoms with E-state index in [4.69, 9.17) is 37.9 Å². The number of ether oxygens (including phenoxy) is 8. The van der Waals surface area contributed by atoms with Crippen molar-refractivity contribution in [2.75, 3.05) is 21.2 Å². The SMILES string of the molecule is CCC(=O)OC1C(C)OC(OC2C(C)OC(OC3=C(CC=O)C[C@@H](C)[C@@H](O)C=CC=CC[C@@H](C)OC(=O)C[C@@H](OC(=O)CC)[C@@H]3OC)C(O)C2N(C)C)CC1(C)O. The molecule has 0 radical (unpaired) electrons. The second-order valence-corrected chi connectivity index (χ2v) is 15.6. The normalized spacial score (nSPS) is 37.4. The van der Waals surface area contributed by atoms with Crippen molar-refractivity contribution in [3.8, 4) is 0 Å². The highest BCUT2D eigenvalue weighted by atomic mass is 16.7. The van der Waals surface area contributed by atoms with E-state index in [1.165, 1.54) is 7.11 Å². The van der Waals surface area contributed by atoms with Crippen LogP contribution < -0.4 is 0 Å². The number of hydrogen-bond donors (Lipinski definition) is 3. The number of carbonyl (C=O) groups excluding carboxylic acids is 4. The minimum Gasteiger partial charge on any atom is -0.463 e. The van der Waals surface area contributed by atoms with Crippen LogP contribution in [0.1, 0.15) is 93.4 Å². The van der Waals surface area contributed by atoms with E-state index in [0.717, 1.165) is 0 Å². The third-order valence-corrected chi connectivity index (χ3v) is 10.4. The van der Waals surface area contributed by atoms with Gasteiger partial charge in [-0.25, -0.2) is 0 Å². The van der Waals surface area contributed by atoms with Crippen molar-refractivity contribution in [3.63, 3.8) is 0 Å². The van der Waals surface area contributed by atoms with Crippen LogP contribution in [0, 0.1) is 5.92 Å². The Balaban J connectivity index is 2.06. The van der Waals surface area contributed by atoms with Crippen LogP contribution >= 0.6 is 0 Å². The summed E-state index contributed by atoms with van der Waals surface area (Å²) in [6.45, 7) is 11.7. The zero-order valence-electron chi connectivity index (χ0n) is 35.0. The van der Waals surface area contributed by atoms with Crippen molar-refractivity contribution in [1.82, 2.24) is 4.90 Å². The number of aliphatic hydroxyl groups is 3. The molecule has 2 saturated heterocycles. The van der Waals surface area contributed by atoms with E-state index in [1.807, 2.05) is 0 Å². The molecule has 3 N–H and O–H groups in total. The number of aldehydes is 1. The number of nitrogens with zero attached hydrogens (tertiary/aromatic N) is 1. The number of carbonyl (C=O) groups is 4. The van der Waals surface area contributed by atoms with Crippen LogP contribution in [0.25, 0.3) is 0 Å². The monoisotopic (exact) mass is 811 g/mol. The lowest BCUT2D eigenvalue weighted by molar-refractivity contribution is -0.331. The summed E-state index contributed by atoms with van der Waals surface area (Å²) in [7, 11) is 4.80. The lowest BCUT2D eigenvalue weighted by Crippen LogP contribution is -2.65. The smallest absolute Gasteiger partial charge is 0.309 e. The molecule has 57 heavy (non-hydrogen) atoms. The maximum absolute atomic E-state index is 13.3. The van der Waals surface area contributed by atoms with Gasteiger partial charge in [0.25, 0.3) is 0 Å². The van der Waals surface area contributed by atoms with Gasteiger partial charge in [0, 0.05) is 39.2 Å². The van der Waals surface area contributed by atoms with Crippen LogP contribution in [0.2, 0.25) is 0 Å². The molecule has 3 rings (SSSR count). The third kappa shape index (κ3) is 13.4. The average Bonchev–Trinajstić information content (AvgIpc) is 3.13. The molecule has 0 bridgehead atoms. The molecular weight excluding hydrogens is 746 g/mol. The Morgan fingerprint density at radius 3 is 2.26 bits per heavy atom. The standard InChI is InChI=1S/C41H65NO15/c1-11-30(45)54-29-21-32(47)51-24(4)16-14-13-15-17-28(44)23(3)20-27(18-19-43)37(38(29)50-10)57-40-35(48)34(42(8)9)36(25(5)53-40)56-33-22-41(7,49)39(26(6)52-33)55-31(46)12-2/h13-15,17,19,23-26,28-29,33-36,38-40,44,48-49H,11-12,16,18,20-22H2,1-10H3/t23-,24-,25?,26?,28+,29-,33?,34?,35?,36?,38+,39?,40?,41?/m1/s1. The summed E-state index contributed by atoms with van der Waals surface area (Å²) >= 11 is 0. The molecule has 0 aromatic carbocycles. The van der Waals surface area contributed by atoms with E-state index in [0.29, 0.717) is 18.3 Å². The zero-order chi connectivity index (χ0) is 42.6. The van der Waals surface area contributed by atoms with Crippen molar-refractivity contribution in [2.24, 2.45) is 5.92 Å². The summed E-state index contributed by atoms with van der Waals surface area (Å²) in [6.07, 6.45) is -3.75. The number of rotatable bonds is 12. The quantitative estimate of drug-likeness (QED) is 0.147. The molecule has 16 heteroatoms. The van der Waals surface area contributed by atoms with Crippen molar-refractivity contribution in [3.05, 3.63) is 35.6 Å². The van der Waals surface area contributed by atoms with Gasteiger partial charge in [0.15, 0.2) is 18.5 Å². The number of likely N-dealkylation sites (N-methyl/N-ethyl adjacent to an activating group) is 1. The predicted octanol–water partition coefficient (Wildman–Crippen LogP) is 3.04. The molecule has 3 aliphatic heterocycles. The van der Waals surface area contributed by atoms with Crippen LogP contribution in [-0.4, -0.2) is 145 Å². The van der Waals surface area contributed by atoms with Crippen molar-refractivity contribution in [2.45, 2.75) is 173 Å². The Labute approximate surface area is 336 Å². The summed E-state index contributed by atoms with van der Waals surface area (Å²) in [5.74, 6) is -2.25. The Hall–Kier alpha value is -3.22. The molecule has 16 nitrogen and oxygen atoms in total. The number of cyclic esters (lactones) is 1. The van der Waals surface area contributed by atoms with E-state index in [9.17, 15) is 34.5 Å². The first kappa shape index (κ1) is 48.2.